The molecule has 0 saturated heterocycles. The predicted octanol–water partition coefficient (Wildman–Crippen LogP) is 9.82. The molecule has 0 fully saturated rings. The highest BCUT2D eigenvalue weighted by Gasteiger charge is 2.28. The summed E-state index contributed by atoms with van der Waals surface area (Å²) in [4.78, 5) is 41.5. The molecule has 0 heterocycles. The third-order valence-corrected chi connectivity index (χ3v) is 12.1. The molecule has 10 nitrogen and oxygen atoms in total. The number of carbonyl (C=O) groups is 3. The number of aromatic carboxylic acids is 1. The molecule has 62 heavy (non-hydrogen) atoms. The molecule has 7 aromatic rings. The number of sulfonamides is 1. The van der Waals surface area contributed by atoms with Crippen molar-refractivity contribution in [1.82, 2.24) is 4.31 Å². The maximum Gasteiger partial charge on any atom is 0.342 e. The van der Waals surface area contributed by atoms with Gasteiger partial charge >= 0.3 is 11.9 Å². The summed E-state index contributed by atoms with van der Waals surface area (Å²) in [5.41, 5.74) is 7.19. The van der Waals surface area contributed by atoms with Crippen molar-refractivity contribution >= 4 is 33.6 Å². The molecule has 0 bridgehead atoms. The van der Waals surface area contributed by atoms with Crippen LogP contribution in [0.5, 0.6) is 5.75 Å². The number of carbonyl (C=O) groups excluding carboxylic acids is 2. The number of carboxylic acid groups (broad SMARTS) is 1. The van der Waals surface area contributed by atoms with Crippen LogP contribution < -0.4 is 9.64 Å². The fourth-order valence-corrected chi connectivity index (χ4v) is 7.96. The molecule has 0 spiro atoms. The molecule has 7 rings (SSSR count). The van der Waals surface area contributed by atoms with Gasteiger partial charge in [-0.15, -0.1) is 0 Å². The summed E-state index contributed by atoms with van der Waals surface area (Å²) in [5.74, 6) is -2.00. The highest BCUT2D eigenvalue weighted by atomic mass is 32.2. The Morgan fingerprint density at radius 3 is 1.84 bits per heavy atom. The molecule has 0 saturated carbocycles. The van der Waals surface area contributed by atoms with E-state index in [1.807, 2.05) is 122 Å². The quantitative estimate of drug-likeness (QED) is 0.0952. The summed E-state index contributed by atoms with van der Waals surface area (Å²) in [7, 11) is -2.68. The summed E-state index contributed by atoms with van der Waals surface area (Å²) in [6.45, 7) is 1.55. The number of nitrogens with zero attached hydrogens (tertiary/aromatic N) is 2. The van der Waals surface area contributed by atoms with Crippen molar-refractivity contribution in [1.29, 1.82) is 0 Å². The first-order valence-electron chi connectivity index (χ1n) is 19.8. The van der Waals surface area contributed by atoms with Crippen LogP contribution >= 0.6 is 0 Å². The van der Waals surface area contributed by atoms with Gasteiger partial charge in [0, 0.05) is 18.8 Å². The number of benzene rings is 7. The van der Waals surface area contributed by atoms with E-state index in [-0.39, 0.29) is 41.5 Å². The molecule has 0 radical (unpaired) electrons. The van der Waals surface area contributed by atoms with Crippen molar-refractivity contribution in [3.8, 4) is 28.0 Å². The van der Waals surface area contributed by atoms with Gasteiger partial charge in [0.25, 0.3) is 0 Å². The largest absolute Gasteiger partial charge is 0.488 e. The fourth-order valence-electron chi connectivity index (χ4n) is 6.84. The summed E-state index contributed by atoms with van der Waals surface area (Å²) in [6, 6.07) is 52.0. The third kappa shape index (κ3) is 10.3. The van der Waals surface area contributed by atoms with E-state index < -0.39 is 34.4 Å². The minimum Gasteiger partial charge on any atom is -0.488 e. The van der Waals surface area contributed by atoms with E-state index in [9.17, 15) is 27.9 Å². The summed E-state index contributed by atoms with van der Waals surface area (Å²) in [6.07, 6.45) is 0. The van der Waals surface area contributed by atoms with Crippen LogP contribution in [0.4, 0.5) is 5.69 Å². The number of ether oxygens (including phenoxy) is 2. The Morgan fingerprint density at radius 2 is 1.21 bits per heavy atom. The lowest BCUT2D eigenvalue weighted by Gasteiger charge is -2.27. The zero-order valence-electron chi connectivity index (χ0n) is 34.2. The lowest BCUT2D eigenvalue weighted by atomic mass is 9.92. The summed E-state index contributed by atoms with van der Waals surface area (Å²) >= 11 is 0. The molecular weight excluding hydrogens is 801 g/mol. The van der Waals surface area contributed by atoms with Gasteiger partial charge < -0.3 is 19.5 Å². The second-order valence-electron chi connectivity index (χ2n) is 14.7. The number of carboxylic acids is 1. The number of amides is 1. The number of anilines is 1. The van der Waals surface area contributed by atoms with Gasteiger partial charge in [-0.3, -0.25) is 4.79 Å². The van der Waals surface area contributed by atoms with Gasteiger partial charge in [0.2, 0.25) is 15.9 Å². The van der Waals surface area contributed by atoms with E-state index in [4.69, 9.17) is 9.47 Å². The van der Waals surface area contributed by atoms with E-state index in [0.717, 1.165) is 43.2 Å². The van der Waals surface area contributed by atoms with Crippen LogP contribution in [0.15, 0.2) is 181 Å². The van der Waals surface area contributed by atoms with Crippen molar-refractivity contribution in [2.75, 3.05) is 18.5 Å². The van der Waals surface area contributed by atoms with Gasteiger partial charge in [0.1, 0.15) is 24.5 Å². The van der Waals surface area contributed by atoms with Gasteiger partial charge in [-0.05, 0) is 82.3 Å². The number of likely N-dealkylation sites (N-methyl/N-ethyl adjacent to an activating group) is 1. The molecule has 0 aliphatic heterocycles. The van der Waals surface area contributed by atoms with Crippen molar-refractivity contribution in [3.05, 3.63) is 209 Å². The highest BCUT2D eigenvalue weighted by molar-refractivity contribution is 7.89. The van der Waals surface area contributed by atoms with Gasteiger partial charge in [-0.2, -0.15) is 4.31 Å². The molecule has 312 valence electrons. The van der Waals surface area contributed by atoms with E-state index in [0.29, 0.717) is 11.3 Å². The highest BCUT2D eigenvalue weighted by Crippen LogP contribution is 2.34. The first-order chi connectivity index (χ1) is 30.0. The smallest absolute Gasteiger partial charge is 0.342 e. The Balaban J connectivity index is 1.24. The minimum absolute atomic E-state index is 0.0248. The molecule has 0 unspecified atom stereocenters. The van der Waals surface area contributed by atoms with Crippen LogP contribution in [0.1, 0.15) is 43.0 Å². The lowest BCUT2D eigenvalue weighted by Crippen LogP contribution is -2.41. The van der Waals surface area contributed by atoms with E-state index in [2.05, 4.69) is 0 Å². The Morgan fingerprint density at radius 1 is 0.613 bits per heavy atom. The topological polar surface area (TPSA) is 131 Å². The van der Waals surface area contributed by atoms with Crippen molar-refractivity contribution < 1.29 is 37.4 Å². The Kier molecular flexibility index (Phi) is 13.4. The molecule has 7 aromatic carbocycles. The molecular formula is C51H44N2O8S. The second kappa shape index (κ2) is 19.4. The fraction of sp³-hybridized carbons (Fsp3) is 0.118. The summed E-state index contributed by atoms with van der Waals surface area (Å²) < 4.78 is 40.3. The Hall–Kier alpha value is -7.34. The van der Waals surface area contributed by atoms with Gasteiger partial charge in [0.15, 0.2) is 0 Å². The van der Waals surface area contributed by atoms with Crippen LogP contribution in [-0.4, -0.2) is 49.3 Å². The minimum atomic E-state index is -4.04. The number of hydrogen-bond acceptors (Lipinski definition) is 7. The molecule has 1 amide bonds. The van der Waals surface area contributed by atoms with Gasteiger partial charge in [-0.1, -0.05) is 139 Å². The summed E-state index contributed by atoms with van der Waals surface area (Å²) in [5, 5.41) is 9.75. The number of hydrogen-bond donors (Lipinski definition) is 1. The van der Waals surface area contributed by atoms with E-state index in [1.54, 1.807) is 48.5 Å². The monoisotopic (exact) mass is 844 g/mol. The second-order valence-corrected chi connectivity index (χ2v) is 16.7. The van der Waals surface area contributed by atoms with Gasteiger partial charge in [-0.25, -0.2) is 18.0 Å². The molecule has 0 aliphatic rings. The van der Waals surface area contributed by atoms with Crippen LogP contribution in [0.3, 0.4) is 0 Å². The average molecular weight is 845 g/mol. The third-order valence-electron chi connectivity index (χ3n) is 10.3. The van der Waals surface area contributed by atoms with Crippen molar-refractivity contribution in [2.24, 2.45) is 0 Å². The first kappa shape index (κ1) is 42.8. The Bertz CT molecular complexity index is 2780. The zero-order valence-corrected chi connectivity index (χ0v) is 35.0. The van der Waals surface area contributed by atoms with E-state index >= 15 is 0 Å². The Labute approximate surface area is 361 Å². The average Bonchev–Trinajstić information content (AvgIpc) is 3.30. The maximum absolute atomic E-state index is 14.5. The van der Waals surface area contributed by atoms with Crippen LogP contribution in [0, 0.1) is 6.92 Å². The van der Waals surface area contributed by atoms with Crippen LogP contribution in [0.2, 0.25) is 0 Å². The number of esters is 1. The standard InChI is InChI=1S/C51H44N2O8S/c1-36-18-26-44(27-19-36)62(58,59)52(2)33-49(54)53(32-37-20-22-41(23-21-37)45-28-24-42(50(55)56)30-47(45)40-16-10-5-11-17-40)43-25-29-46(51(57)61-35-39-14-8-4-9-15-39)48(31-43)60-34-38-12-6-3-7-13-38/h3-31H,32-35H2,1-2H3,(H,55,56). The molecule has 11 heteroatoms. The van der Waals surface area contributed by atoms with Crippen molar-refractivity contribution in [2.45, 2.75) is 31.6 Å². The predicted molar refractivity (Wildman–Crippen MR) is 239 cm³/mol. The molecule has 0 aromatic heterocycles. The van der Waals surface area contributed by atoms with Gasteiger partial charge in [0.05, 0.1) is 23.5 Å². The number of rotatable bonds is 16. The molecule has 0 atom stereocenters. The van der Waals surface area contributed by atoms with E-state index in [1.165, 1.54) is 24.1 Å². The zero-order chi connectivity index (χ0) is 43.6. The number of aryl methyl sites for hydroxylation is 1. The molecule has 1 N–H and O–H groups in total. The maximum atomic E-state index is 14.5. The SMILES string of the molecule is Cc1ccc(S(=O)(=O)N(C)CC(=O)N(Cc2ccc(-c3ccc(C(=O)O)cc3-c3ccccc3)cc2)c2ccc(C(=O)OCc3ccccc3)c(OCc3ccccc3)c2)cc1. The van der Waals surface area contributed by atoms with Crippen molar-refractivity contribution in [3.63, 3.8) is 0 Å². The van der Waals surface area contributed by atoms with Crippen LogP contribution in [0.25, 0.3) is 22.3 Å². The molecule has 0 aliphatic carbocycles. The lowest BCUT2D eigenvalue weighted by molar-refractivity contribution is -0.118. The normalized spacial score (nSPS) is 11.2. The van der Waals surface area contributed by atoms with Crippen LogP contribution in [-0.2, 0) is 39.3 Å². The first-order valence-corrected chi connectivity index (χ1v) is 21.3.